The Labute approximate surface area is 170 Å². The van der Waals surface area contributed by atoms with Crippen molar-refractivity contribution in [1.82, 2.24) is 10.6 Å². The summed E-state index contributed by atoms with van der Waals surface area (Å²) in [6.07, 6.45) is 2.87. The maximum Gasteiger partial charge on any atom is 0.322 e. The number of hydrogen-bond donors (Lipinski definition) is 6. The van der Waals surface area contributed by atoms with Crippen molar-refractivity contribution in [2.24, 2.45) is 10.9 Å². The van der Waals surface area contributed by atoms with E-state index in [9.17, 15) is 19.2 Å². The summed E-state index contributed by atoms with van der Waals surface area (Å²) in [5.41, 5.74) is 5.34. The molecule has 0 fully saturated rings. The molecular weight excluding hydrogens is 412 g/mol. The Kier molecular flexibility index (Phi) is 13.9. The number of carboxylic acids is 2. The highest BCUT2D eigenvalue weighted by Gasteiger charge is 2.23. The van der Waals surface area contributed by atoms with Crippen molar-refractivity contribution in [2.45, 2.75) is 37.8 Å². The van der Waals surface area contributed by atoms with Crippen LogP contribution >= 0.6 is 23.5 Å². The number of carbonyl (C=O) groups is 4. The summed E-state index contributed by atoms with van der Waals surface area (Å²) in [4.78, 5) is 45.5. The minimum absolute atomic E-state index is 0.0147. The van der Waals surface area contributed by atoms with Gasteiger partial charge in [-0.3, -0.25) is 19.2 Å². The van der Waals surface area contributed by atoms with Crippen LogP contribution in [0.15, 0.2) is 5.16 Å². The van der Waals surface area contributed by atoms with Crippen molar-refractivity contribution in [3.8, 4) is 0 Å². The Balaban J connectivity index is 4.80. The average Bonchev–Trinajstić information content (AvgIpc) is 2.65. The average molecular weight is 439 g/mol. The van der Waals surface area contributed by atoms with Crippen LogP contribution in [0.3, 0.4) is 0 Å². The van der Waals surface area contributed by atoms with Gasteiger partial charge in [0.15, 0.2) is 0 Å². The molecule has 0 heterocycles. The monoisotopic (exact) mass is 438 g/mol. The number of aliphatic carboxylic acids is 2. The second-order valence-corrected chi connectivity index (χ2v) is 7.70. The lowest BCUT2D eigenvalue weighted by atomic mass is 10.1. The molecule has 0 unspecified atom stereocenters. The van der Waals surface area contributed by atoms with Crippen LogP contribution in [-0.2, 0) is 19.2 Å². The first-order chi connectivity index (χ1) is 13.2. The summed E-state index contributed by atoms with van der Waals surface area (Å²) in [6.45, 7) is -0.617. The minimum atomic E-state index is -1.24. The Morgan fingerprint density at radius 3 is 2.39 bits per heavy atom. The van der Waals surface area contributed by atoms with Crippen molar-refractivity contribution in [3.05, 3.63) is 0 Å². The van der Waals surface area contributed by atoms with E-state index in [0.717, 1.165) is 23.9 Å². The molecule has 11 nitrogen and oxygen atoms in total. The Bertz CT molecular complexity index is 575. The van der Waals surface area contributed by atoms with Crippen molar-refractivity contribution in [3.63, 3.8) is 0 Å². The third-order valence-electron chi connectivity index (χ3n) is 3.33. The maximum atomic E-state index is 12.2. The van der Waals surface area contributed by atoms with Crippen LogP contribution in [0.4, 0.5) is 0 Å². The normalized spacial score (nSPS) is 13.4. The molecule has 28 heavy (non-hydrogen) atoms. The highest BCUT2D eigenvalue weighted by molar-refractivity contribution is 8.14. The van der Waals surface area contributed by atoms with Gasteiger partial charge in [-0.1, -0.05) is 5.16 Å². The zero-order valence-corrected chi connectivity index (χ0v) is 17.1. The van der Waals surface area contributed by atoms with Gasteiger partial charge in [0, 0.05) is 12.2 Å². The molecule has 7 N–H and O–H groups in total. The van der Waals surface area contributed by atoms with Gasteiger partial charge in [-0.05, 0) is 31.3 Å². The van der Waals surface area contributed by atoms with Gasteiger partial charge in [-0.2, -0.15) is 11.8 Å². The third kappa shape index (κ3) is 12.4. The second-order valence-electron chi connectivity index (χ2n) is 5.62. The Morgan fingerprint density at radius 2 is 1.86 bits per heavy atom. The van der Waals surface area contributed by atoms with Crippen LogP contribution in [-0.4, -0.2) is 80.6 Å². The first-order valence-corrected chi connectivity index (χ1v) is 10.7. The lowest BCUT2D eigenvalue weighted by Gasteiger charge is -2.18. The molecule has 0 radical (unpaired) electrons. The molecule has 0 aliphatic rings. The van der Waals surface area contributed by atoms with Gasteiger partial charge < -0.3 is 31.8 Å². The van der Waals surface area contributed by atoms with E-state index in [4.69, 9.17) is 21.2 Å². The fourth-order valence-corrected chi connectivity index (χ4v) is 3.22. The number of nitrogens with zero attached hydrogens (tertiary/aromatic N) is 1. The van der Waals surface area contributed by atoms with Crippen LogP contribution < -0.4 is 16.4 Å². The Hall–Kier alpha value is -1.99. The number of carbonyl (C=O) groups excluding carboxylic acids is 2. The SMILES string of the molecule is CSCCC/C(=N\O)SC[C@H](NC(=O)CC[C@H](N)C(=O)O)C(=O)NCC(=O)O. The first kappa shape index (κ1) is 26.0. The largest absolute Gasteiger partial charge is 0.480 e. The lowest BCUT2D eigenvalue weighted by Crippen LogP contribution is -2.49. The number of rotatable bonds is 14. The van der Waals surface area contributed by atoms with Crippen molar-refractivity contribution < 1.29 is 34.6 Å². The fourth-order valence-electron chi connectivity index (χ4n) is 1.84. The van der Waals surface area contributed by atoms with Crippen molar-refractivity contribution >= 4 is 52.3 Å². The summed E-state index contributed by atoms with van der Waals surface area (Å²) in [7, 11) is 0. The van der Waals surface area contributed by atoms with E-state index < -0.39 is 42.4 Å². The molecule has 0 saturated carbocycles. The summed E-state index contributed by atoms with van der Waals surface area (Å²) in [5, 5.41) is 34.6. The molecule has 0 bridgehead atoms. The topological polar surface area (TPSA) is 191 Å². The van der Waals surface area contributed by atoms with Crippen LogP contribution in [0.1, 0.15) is 25.7 Å². The lowest BCUT2D eigenvalue weighted by molar-refractivity contribution is -0.139. The molecule has 0 aromatic carbocycles. The smallest absolute Gasteiger partial charge is 0.322 e. The summed E-state index contributed by atoms with van der Waals surface area (Å²) in [6, 6.07) is -2.29. The van der Waals surface area contributed by atoms with Crippen molar-refractivity contribution in [2.75, 3.05) is 24.3 Å². The summed E-state index contributed by atoms with van der Waals surface area (Å²) in [5.74, 6) is -2.92. The van der Waals surface area contributed by atoms with Gasteiger partial charge in [-0.25, -0.2) is 0 Å². The van der Waals surface area contributed by atoms with Gasteiger partial charge in [0.05, 0.1) is 0 Å². The standard InChI is InChI=1S/C15H26N4O7S2/c1-27-6-2-3-12(19-26)28-8-10(14(23)17-7-13(21)22)18-11(20)5-4-9(16)15(24)25/h9-10,26H,2-8,16H2,1H3,(H,17,23)(H,18,20)(H,21,22)(H,24,25)/b19-12+/t9-,10-/m0/s1. The van der Waals surface area contributed by atoms with Crippen LogP contribution in [0.5, 0.6) is 0 Å². The van der Waals surface area contributed by atoms with E-state index in [0.29, 0.717) is 11.5 Å². The number of carboxylic acid groups (broad SMARTS) is 2. The van der Waals surface area contributed by atoms with Gasteiger partial charge in [0.25, 0.3) is 0 Å². The first-order valence-electron chi connectivity index (χ1n) is 8.31. The predicted octanol–water partition coefficient (Wildman–Crippen LogP) is -0.472. The highest BCUT2D eigenvalue weighted by atomic mass is 32.2. The molecule has 0 aromatic rings. The van der Waals surface area contributed by atoms with E-state index in [1.807, 2.05) is 6.26 Å². The second kappa shape index (κ2) is 15.0. The van der Waals surface area contributed by atoms with E-state index in [1.165, 1.54) is 0 Å². The molecule has 160 valence electrons. The molecular formula is C15H26N4O7S2. The van der Waals surface area contributed by atoms with Gasteiger partial charge in [-0.15, -0.1) is 11.8 Å². The number of nitrogens with two attached hydrogens (primary N) is 1. The van der Waals surface area contributed by atoms with Crippen LogP contribution in [0.2, 0.25) is 0 Å². The summed E-state index contributed by atoms with van der Waals surface area (Å²) >= 11 is 2.70. The predicted molar refractivity (Wildman–Crippen MR) is 107 cm³/mol. The molecule has 0 spiro atoms. The third-order valence-corrected chi connectivity index (χ3v) is 5.15. The molecule has 0 saturated heterocycles. The molecule has 2 atom stereocenters. The quantitative estimate of drug-likeness (QED) is 0.0679. The van der Waals surface area contributed by atoms with Crippen LogP contribution in [0.25, 0.3) is 0 Å². The molecule has 2 amide bonds. The van der Waals surface area contributed by atoms with E-state index in [-0.39, 0.29) is 18.6 Å². The highest BCUT2D eigenvalue weighted by Crippen LogP contribution is 2.13. The molecule has 13 heteroatoms. The number of oxime groups is 1. The number of amides is 2. The van der Waals surface area contributed by atoms with Gasteiger partial charge in [0.2, 0.25) is 11.8 Å². The minimum Gasteiger partial charge on any atom is -0.480 e. The zero-order chi connectivity index (χ0) is 21.5. The molecule has 0 aliphatic heterocycles. The molecule has 0 aliphatic carbocycles. The Morgan fingerprint density at radius 1 is 1.18 bits per heavy atom. The molecule has 0 aromatic heterocycles. The number of thioether (sulfide) groups is 2. The van der Waals surface area contributed by atoms with Gasteiger partial charge >= 0.3 is 11.9 Å². The maximum absolute atomic E-state index is 12.2. The van der Waals surface area contributed by atoms with E-state index in [1.54, 1.807) is 11.8 Å². The van der Waals surface area contributed by atoms with Crippen LogP contribution in [0, 0.1) is 0 Å². The van der Waals surface area contributed by atoms with Crippen molar-refractivity contribution in [1.29, 1.82) is 0 Å². The summed E-state index contributed by atoms with van der Waals surface area (Å²) < 4.78 is 0. The zero-order valence-electron chi connectivity index (χ0n) is 15.4. The van der Waals surface area contributed by atoms with Gasteiger partial charge in [0.1, 0.15) is 23.7 Å². The van der Waals surface area contributed by atoms with E-state index in [2.05, 4.69) is 15.8 Å². The molecule has 0 rings (SSSR count). The van der Waals surface area contributed by atoms with E-state index >= 15 is 0 Å². The number of nitrogens with one attached hydrogen (secondary N) is 2. The fraction of sp³-hybridized carbons (Fsp3) is 0.667. The number of hydrogen-bond acceptors (Lipinski definition) is 9.